The van der Waals surface area contributed by atoms with Crippen LogP contribution in [0.2, 0.25) is 0 Å². The van der Waals surface area contributed by atoms with Crippen molar-refractivity contribution in [1.29, 1.82) is 0 Å². The number of hydrogen-bond acceptors (Lipinski definition) is 19. The topological polar surface area (TPSA) is 299 Å². The average Bonchev–Trinajstić information content (AvgIpc) is 1.32. The molecule has 0 fully saturated rings. The Morgan fingerprint density at radius 2 is 0.609 bits per heavy atom. The standard InChI is InChI=1S/C68H69N5O19/c1-3-4-5-6-7-8-9-10-11-12-35-85-68-40-63(73(82)83)51(39-67(68)84-2)44-91-66-34-15-50(43-90-64-32-13-48(41-86-59-24-16-55(17-25-59)69(74)75)36-52(64)45-88-61-28-20-57(21-29-61)71(78)79)38-54(66)47-92-65-33-14-49(42-87-60-26-18-56(19-27-60)70(76)77)37-53(65)46-89-62-30-22-58(23-31-62)72(80)81/h13-34,36-40H,3-12,35,41-47H2,1-2H3. The van der Waals surface area contributed by atoms with E-state index in [1.165, 1.54) is 155 Å². The van der Waals surface area contributed by atoms with Crippen molar-refractivity contribution in [2.45, 2.75) is 117 Å². The van der Waals surface area contributed by atoms with Crippen LogP contribution in [-0.2, 0) is 46.2 Å². The molecule has 0 bridgehead atoms. The molecule has 0 amide bonds. The van der Waals surface area contributed by atoms with Gasteiger partial charge in [-0.1, -0.05) is 82.9 Å². The molecule has 0 radical (unpaired) electrons. The summed E-state index contributed by atoms with van der Waals surface area (Å²) in [5, 5.41) is 58.0. The van der Waals surface area contributed by atoms with Gasteiger partial charge in [0.2, 0.25) is 0 Å². The molecule has 8 aromatic carbocycles. The fraction of sp³-hybridized carbons (Fsp3) is 0.294. The Morgan fingerprint density at radius 1 is 0.293 bits per heavy atom. The van der Waals surface area contributed by atoms with Gasteiger partial charge in [-0.05, 0) is 114 Å². The second kappa shape index (κ2) is 34.1. The first kappa shape index (κ1) is 66.9. The number of unbranched alkanes of at least 4 members (excludes halogenated alkanes) is 9. The third-order valence-corrected chi connectivity index (χ3v) is 14.6. The van der Waals surface area contributed by atoms with Crippen LogP contribution in [0.4, 0.5) is 28.4 Å². The van der Waals surface area contributed by atoms with Crippen molar-refractivity contribution in [2.24, 2.45) is 0 Å². The lowest BCUT2D eigenvalue weighted by atomic mass is 10.1. The number of nitro groups is 5. The van der Waals surface area contributed by atoms with Crippen molar-refractivity contribution >= 4 is 28.4 Å². The van der Waals surface area contributed by atoms with Crippen molar-refractivity contribution in [3.8, 4) is 51.7 Å². The summed E-state index contributed by atoms with van der Waals surface area (Å²) in [6, 6.07) is 41.3. The number of ether oxygens (including phenoxy) is 9. The lowest BCUT2D eigenvalue weighted by Gasteiger charge is -2.18. The van der Waals surface area contributed by atoms with Crippen molar-refractivity contribution in [3.05, 3.63) is 253 Å². The van der Waals surface area contributed by atoms with E-state index in [-0.39, 0.29) is 86.0 Å². The molecule has 8 rings (SSSR count). The second-order valence-electron chi connectivity index (χ2n) is 21.3. The molecule has 24 nitrogen and oxygen atoms in total. The summed E-state index contributed by atoms with van der Waals surface area (Å²) < 4.78 is 55.5. The zero-order valence-corrected chi connectivity index (χ0v) is 50.8. The lowest BCUT2D eigenvalue weighted by molar-refractivity contribution is -0.385. The Labute approximate surface area is 529 Å². The van der Waals surface area contributed by atoms with Gasteiger partial charge in [0.25, 0.3) is 28.4 Å². The molecule has 0 aromatic heterocycles. The summed E-state index contributed by atoms with van der Waals surface area (Å²) in [6.07, 6.45) is 11.4. The highest BCUT2D eigenvalue weighted by atomic mass is 16.6. The van der Waals surface area contributed by atoms with Gasteiger partial charge in [0, 0.05) is 65.2 Å². The number of rotatable bonds is 39. The number of non-ortho nitro benzene ring substituents is 4. The highest BCUT2D eigenvalue weighted by Gasteiger charge is 2.22. The summed E-state index contributed by atoms with van der Waals surface area (Å²) in [4.78, 5) is 55.5. The van der Waals surface area contributed by atoms with E-state index in [0.29, 0.717) is 86.0 Å². The van der Waals surface area contributed by atoms with E-state index in [1.807, 2.05) is 6.07 Å². The minimum Gasteiger partial charge on any atom is -0.493 e. The molecule has 0 N–H and O–H groups in total. The van der Waals surface area contributed by atoms with Crippen LogP contribution in [0.1, 0.15) is 110 Å². The highest BCUT2D eigenvalue weighted by molar-refractivity contribution is 5.55. The second-order valence-corrected chi connectivity index (χ2v) is 21.3. The van der Waals surface area contributed by atoms with E-state index in [4.69, 9.17) is 42.6 Å². The zero-order chi connectivity index (χ0) is 65.2. The van der Waals surface area contributed by atoms with Gasteiger partial charge in [0.15, 0.2) is 11.5 Å². The molecule has 0 heterocycles. The van der Waals surface area contributed by atoms with Gasteiger partial charge in [-0.15, -0.1) is 0 Å². The molecule has 24 heteroatoms. The number of hydrogen-bond donors (Lipinski definition) is 0. The van der Waals surface area contributed by atoms with Gasteiger partial charge in [0.1, 0.15) is 86.5 Å². The first-order chi connectivity index (χ1) is 44.6. The van der Waals surface area contributed by atoms with E-state index in [1.54, 1.807) is 48.5 Å². The van der Waals surface area contributed by atoms with Crippen LogP contribution in [0.25, 0.3) is 0 Å². The predicted molar refractivity (Wildman–Crippen MR) is 339 cm³/mol. The maximum atomic E-state index is 12.7. The maximum absolute atomic E-state index is 12.7. The van der Waals surface area contributed by atoms with Crippen molar-refractivity contribution < 1.29 is 67.2 Å². The number of methoxy groups -OCH3 is 1. The first-order valence-electron chi connectivity index (χ1n) is 29.8. The number of nitro benzene ring substituents is 5. The van der Waals surface area contributed by atoms with Crippen LogP contribution >= 0.6 is 0 Å². The minimum atomic E-state index is -0.519. The molecule has 0 spiro atoms. The normalized spacial score (nSPS) is 10.8. The van der Waals surface area contributed by atoms with Crippen molar-refractivity contribution in [1.82, 2.24) is 0 Å². The summed E-state index contributed by atoms with van der Waals surface area (Å²) in [7, 11) is 1.46. The summed E-state index contributed by atoms with van der Waals surface area (Å²) >= 11 is 0. The van der Waals surface area contributed by atoms with Crippen LogP contribution in [0, 0.1) is 50.6 Å². The number of benzene rings is 8. The van der Waals surface area contributed by atoms with Crippen LogP contribution in [0.3, 0.4) is 0 Å². The molecule has 92 heavy (non-hydrogen) atoms. The van der Waals surface area contributed by atoms with E-state index < -0.39 is 24.6 Å². The van der Waals surface area contributed by atoms with E-state index in [9.17, 15) is 50.6 Å². The molecule has 0 saturated carbocycles. The fourth-order valence-corrected chi connectivity index (χ4v) is 9.63. The molecule has 0 unspecified atom stereocenters. The Kier molecular flexibility index (Phi) is 24.8. The Hall–Kier alpha value is -11.0. The molecule has 480 valence electrons. The van der Waals surface area contributed by atoms with Gasteiger partial charge < -0.3 is 42.6 Å². The molecule has 0 aliphatic rings. The molecule has 0 aliphatic heterocycles. The van der Waals surface area contributed by atoms with Crippen LogP contribution in [-0.4, -0.2) is 38.3 Å². The van der Waals surface area contributed by atoms with Gasteiger partial charge in [-0.2, -0.15) is 0 Å². The predicted octanol–water partition coefficient (Wildman–Crippen LogP) is 16.6. The monoisotopic (exact) mass is 1260 g/mol. The van der Waals surface area contributed by atoms with Crippen LogP contribution in [0.15, 0.2) is 164 Å². The summed E-state index contributed by atoms with van der Waals surface area (Å²) in [5.41, 5.74) is 3.18. The third-order valence-electron chi connectivity index (χ3n) is 14.6. The largest absolute Gasteiger partial charge is 0.493 e. The summed E-state index contributed by atoms with van der Waals surface area (Å²) in [5.74, 6) is 3.09. The molecule has 0 atom stereocenters. The lowest BCUT2D eigenvalue weighted by Crippen LogP contribution is -2.08. The SMILES string of the molecule is CCCCCCCCCCCCOc1cc([N+](=O)[O-])c(COc2ccc(COc3ccc(COc4ccc([N+](=O)[O-])cc4)cc3COc3ccc([N+](=O)[O-])cc3)cc2COc2ccc(COc3ccc([N+](=O)[O-])cc3)cc2COc2ccc([N+](=O)[O-])cc2)cc1OC. The molecule has 0 aliphatic carbocycles. The highest BCUT2D eigenvalue weighted by Crippen LogP contribution is 2.37. The maximum Gasteiger partial charge on any atom is 0.280 e. The van der Waals surface area contributed by atoms with Crippen LogP contribution in [0.5, 0.6) is 51.7 Å². The first-order valence-corrected chi connectivity index (χ1v) is 29.8. The Bertz CT molecular complexity index is 3770. The third kappa shape index (κ3) is 20.2. The Morgan fingerprint density at radius 3 is 0.957 bits per heavy atom. The molecular formula is C68H69N5O19. The molecule has 8 aromatic rings. The summed E-state index contributed by atoms with van der Waals surface area (Å²) in [6.45, 7) is 2.15. The minimum absolute atomic E-state index is 0.0164. The molecule has 0 saturated heterocycles. The fourth-order valence-electron chi connectivity index (χ4n) is 9.63. The average molecular weight is 1260 g/mol. The van der Waals surface area contributed by atoms with Crippen molar-refractivity contribution in [3.63, 3.8) is 0 Å². The van der Waals surface area contributed by atoms with Gasteiger partial charge >= 0.3 is 0 Å². The van der Waals surface area contributed by atoms with Gasteiger partial charge in [0.05, 0.1) is 50.0 Å². The smallest absolute Gasteiger partial charge is 0.280 e. The van der Waals surface area contributed by atoms with E-state index in [0.717, 1.165) is 25.7 Å². The van der Waals surface area contributed by atoms with Crippen LogP contribution < -0.4 is 42.6 Å². The Balaban J connectivity index is 1.05. The number of nitrogens with zero attached hydrogens (tertiary/aromatic N) is 5. The van der Waals surface area contributed by atoms with E-state index in [2.05, 4.69) is 6.92 Å². The van der Waals surface area contributed by atoms with E-state index >= 15 is 0 Å². The molecular weight excluding hydrogens is 1190 g/mol. The van der Waals surface area contributed by atoms with Gasteiger partial charge in [-0.3, -0.25) is 50.6 Å². The van der Waals surface area contributed by atoms with Crippen molar-refractivity contribution in [2.75, 3.05) is 13.7 Å². The zero-order valence-electron chi connectivity index (χ0n) is 50.8. The quantitative estimate of drug-likeness (QED) is 0.0196. The van der Waals surface area contributed by atoms with Gasteiger partial charge in [-0.25, -0.2) is 0 Å².